The third-order valence-electron chi connectivity index (χ3n) is 1.62. The Morgan fingerprint density at radius 1 is 1.33 bits per heavy atom. The highest BCUT2D eigenvalue weighted by Gasteiger charge is 2.20. The Morgan fingerprint density at radius 3 is 2.40 bits per heavy atom. The fourth-order valence-electron chi connectivity index (χ4n) is 1.05. The molecule has 0 aromatic heterocycles. The number of halogens is 2. The molecule has 0 unspecified atom stereocenters. The van der Waals surface area contributed by atoms with Crippen molar-refractivity contribution >= 4 is 17.6 Å². The first-order valence-corrected chi connectivity index (χ1v) is 3.92. The Morgan fingerprint density at radius 2 is 1.93 bits per heavy atom. The van der Waals surface area contributed by atoms with Crippen molar-refractivity contribution in [2.45, 2.75) is 6.92 Å². The highest BCUT2D eigenvalue weighted by molar-refractivity contribution is 6.00. The molecule has 0 radical (unpaired) electrons. The number of carbonyl (C=O) groups excluding carboxylic acids is 1. The zero-order chi connectivity index (χ0) is 11.6. The smallest absolute Gasteiger partial charge is 0.340 e. The second-order valence-electron chi connectivity index (χ2n) is 2.77. The van der Waals surface area contributed by atoms with Gasteiger partial charge in [-0.3, -0.25) is 4.79 Å². The van der Waals surface area contributed by atoms with Crippen LogP contribution < -0.4 is 5.32 Å². The van der Waals surface area contributed by atoms with E-state index in [1.165, 1.54) is 0 Å². The zero-order valence-corrected chi connectivity index (χ0v) is 7.67. The van der Waals surface area contributed by atoms with Gasteiger partial charge in [0.25, 0.3) is 0 Å². The first-order chi connectivity index (χ1) is 6.93. The Hall–Kier alpha value is -1.98. The van der Waals surface area contributed by atoms with E-state index in [9.17, 15) is 18.4 Å². The summed E-state index contributed by atoms with van der Waals surface area (Å²) in [7, 11) is 0. The minimum absolute atomic E-state index is 0.270. The van der Waals surface area contributed by atoms with Crippen molar-refractivity contribution in [1.82, 2.24) is 0 Å². The Balaban J connectivity index is 3.33. The number of amides is 1. The number of carboxylic acids is 1. The highest BCUT2D eigenvalue weighted by atomic mass is 19.2. The van der Waals surface area contributed by atoms with Crippen LogP contribution in [0, 0.1) is 11.6 Å². The number of carbonyl (C=O) groups is 2. The van der Waals surface area contributed by atoms with Gasteiger partial charge in [-0.25, -0.2) is 13.6 Å². The van der Waals surface area contributed by atoms with Crippen molar-refractivity contribution in [2.24, 2.45) is 0 Å². The summed E-state index contributed by atoms with van der Waals surface area (Å²) in [6.07, 6.45) is 0. The number of benzene rings is 1. The summed E-state index contributed by atoms with van der Waals surface area (Å²) in [5, 5.41) is 10.7. The van der Waals surface area contributed by atoms with E-state index in [-0.39, 0.29) is 5.69 Å². The zero-order valence-electron chi connectivity index (χ0n) is 7.67. The molecule has 1 rings (SSSR count). The molecule has 1 aromatic carbocycles. The predicted molar refractivity (Wildman–Crippen MR) is 47.6 cm³/mol. The summed E-state index contributed by atoms with van der Waals surface area (Å²) >= 11 is 0. The minimum atomic E-state index is -1.64. The van der Waals surface area contributed by atoms with Crippen molar-refractivity contribution < 1.29 is 23.5 Å². The molecule has 0 saturated carbocycles. The van der Waals surface area contributed by atoms with Gasteiger partial charge in [0, 0.05) is 6.92 Å². The van der Waals surface area contributed by atoms with Crippen LogP contribution >= 0.6 is 0 Å². The third-order valence-corrected chi connectivity index (χ3v) is 1.62. The maximum absolute atomic E-state index is 13.1. The van der Waals surface area contributed by atoms with E-state index in [0.29, 0.717) is 0 Å². The molecule has 0 heterocycles. The number of anilines is 1. The molecule has 15 heavy (non-hydrogen) atoms. The van der Waals surface area contributed by atoms with Gasteiger partial charge < -0.3 is 10.4 Å². The van der Waals surface area contributed by atoms with Crippen molar-refractivity contribution in [1.29, 1.82) is 0 Å². The maximum Gasteiger partial charge on any atom is 0.340 e. The molecule has 0 atom stereocenters. The van der Waals surface area contributed by atoms with Gasteiger partial charge in [0.2, 0.25) is 5.91 Å². The summed E-state index contributed by atoms with van der Waals surface area (Å²) in [6.45, 7) is 1.13. The molecular weight excluding hydrogens is 208 g/mol. The SMILES string of the molecule is CC(=O)Nc1ccc(F)c(F)c1C(=O)O. The number of hydrogen-bond acceptors (Lipinski definition) is 2. The van der Waals surface area contributed by atoms with Gasteiger partial charge in [-0.2, -0.15) is 0 Å². The molecule has 6 heteroatoms. The summed E-state index contributed by atoms with van der Waals surface area (Å²) in [5.74, 6) is -4.98. The van der Waals surface area contributed by atoms with Gasteiger partial charge in [-0.1, -0.05) is 0 Å². The molecule has 2 N–H and O–H groups in total. The van der Waals surface area contributed by atoms with Crippen molar-refractivity contribution in [3.05, 3.63) is 29.3 Å². The van der Waals surface area contributed by atoms with Crippen LogP contribution in [0.3, 0.4) is 0 Å². The van der Waals surface area contributed by atoms with Crippen molar-refractivity contribution in [3.8, 4) is 0 Å². The first kappa shape index (κ1) is 11.1. The lowest BCUT2D eigenvalue weighted by Gasteiger charge is -2.07. The van der Waals surface area contributed by atoms with Gasteiger partial charge >= 0.3 is 5.97 Å². The lowest BCUT2D eigenvalue weighted by Crippen LogP contribution is -2.13. The Kier molecular flexibility index (Phi) is 2.99. The molecule has 0 aliphatic rings. The number of nitrogens with one attached hydrogen (secondary N) is 1. The minimum Gasteiger partial charge on any atom is -0.478 e. The maximum atomic E-state index is 13.1. The molecule has 1 aromatic rings. The van der Waals surface area contributed by atoms with E-state index < -0.39 is 29.1 Å². The van der Waals surface area contributed by atoms with Gasteiger partial charge in [0.05, 0.1) is 5.69 Å². The quantitative estimate of drug-likeness (QED) is 0.787. The van der Waals surface area contributed by atoms with Crippen LogP contribution in [0.25, 0.3) is 0 Å². The number of carboxylic acid groups (broad SMARTS) is 1. The monoisotopic (exact) mass is 215 g/mol. The Labute approximate surface area is 83.5 Å². The fourth-order valence-corrected chi connectivity index (χ4v) is 1.05. The molecule has 4 nitrogen and oxygen atoms in total. The predicted octanol–water partition coefficient (Wildman–Crippen LogP) is 1.62. The average Bonchev–Trinajstić information content (AvgIpc) is 2.10. The van der Waals surface area contributed by atoms with Crippen LogP contribution in [0.5, 0.6) is 0 Å². The second-order valence-corrected chi connectivity index (χ2v) is 2.77. The van der Waals surface area contributed by atoms with E-state index in [4.69, 9.17) is 5.11 Å². The molecule has 1 amide bonds. The molecule has 0 bridgehead atoms. The van der Waals surface area contributed by atoms with Crippen LogP contribution in [0.15, 0.2) is 12.1 Å². The molecule has 0 saturated heterocycles. The van der Waals surface area contributed by atoms with Crippen LogP contribution in [0.1, 0.15) is 17.3 Å². The largest absolute Gasteiger partial charge is 0.478 e. The Bertz CT molecular complexity index is 432. The van der Waals surface area contributed by atoms with E-state index in [1.807, 2.05) is 0 Å². The van der Waals surface area contributed by atoms with E-state index in [2.05, 4.69) is 5.32 Å². The normalized spacial score (nSPS) is 9.80. The van der Waals surface area contributed by atoms with Crippen LogP contribution in [0.2, 0.25) is 0 Å². The van der Waals surface area contributed by atoms with Gasteiger partial charge in [-0.05, 0) is 12.1 Å². The summed E-state index contributed by atoms with van der Waals surface area (Å²) in [4.78, 5) is 21.3. The van der Waals surface area contributed by atoms with E-state index >= 15 is 0 Å². The highest BCUT2D eigenvalue weighted by Crippen LogP contribution is 2.21. The van der Waals surface area contributed by atoms with Crippen LogP contribution in [-0.4, -0.2) is 17.0 Å². The molecule has 80 valence electrons. The second kappa shape index (κ2) is 4.04. The molecule has 0 aliphatic heterocycles. The number of rotatable bonds is 2. The summed E-state index contributed by atoms with van der Waals surface area (Å²) in [6, 6.07) is 1.73. The molecule has 0 spiro atoms. The van der Waals surface area contributed by atoms with E-state index in [1.54, 1.807) is 0 Å². The van der Waals surface area contributed by atoms with Crippen LogP contribution in [-0.2, 0) is 4.79 Å². The fraction of sp³-hybridized carbons (Fsp3) is 0.111. The van der Waals surface area contributed by atoms with Gasteiger partial charge in [-0.15, -0.1) is 0 Å². The first-order valence-electron chi connectivity index (χ1n) is 3.92. The van der Waals surface area contributed by atoms with Crippen LogP contribution in [0.4, 0.5) is 14.5 Å². The molecule has 0 fully saturated rings. The van der Waals surface area contributed by atoms with Crippen molar-refractivity contribution in [2.75, 3.05) is 5.32 Å². The topological polar surface area (TPSA) is 66.4 Å². The third kappa shape index (κ3) is 2.28. The summed E-state index contributed by atoms with van der Waals surface area (Å²) < 4.78 is 25.8. The number of hydrogen-bond donors (Lipinski definition) is 2. The standard InChI is InChI=1S/C9H7F2NO3/c1-4(13)12-6-3-2-5(10)8(11)7(6)9(14)15/h2-3H,1H3,(H,12,13)(H,14,15). The lowest BCUT2D eigenvalue weighted by atomic mass is 10.1. The lowest BCUT2D eigenvalue weighted by molar-refractivity contribution is -0.114. The molecular formula is C9H7F2NO3. The molecule has 0 aliphatic carbocycles. The van der Waals surface area contributed by atoms with Gasteiger partial charge in [0.15, 0.2) is 11.6 Å². The average molecular weight is 215 g/mol. The van der Waals surface area contributed by atoms with E-state index in [0.717, 1.165) is 19.1 Å². The number of aromatic carboxylic acids is 1. The van der Waals surface area contributed by atoms with Gasteiger partial charge in [0.1, 0.15) is 5.56 Å². The van der Waals surface area contributed by atoms with Crippen molar-refractivity contribution in [3.63, 3.8) is 0 Å². The summed E-state index contributed by atoms with van der Waals surface area (Å²) in [5.41, 5.74) is -1.15.